The van der Waals surface area contributed by atoms with E-state index in [1.807, 2.05) is 24.3 Å². The van der Waals surface area contributed by atoms with Gasteiger partial charge < -0.3 is 15.0 Å². The molecule has 7 heteroatoms. The number of ether oxygens (including phenoxy) is 1. The van der Waals surface area contributed by atoms with E-state index in [0.717, 1.165) is 17.7 Å². The van der Waals surface area contributed by atoms with Crippen LogP contribution in [0, 0.1) is 11.6 Å². The van der Waals surface area contributed by atoms with Gasteiger partial charge in [0.05, 0.1) is 0 Å². The fourth-order valence-electron chi connectivity index (χ4n) is 3.49. The van der Waals surface area contributed by atoms with Gasteiger partial charge >= 0.3 is 0 Å². The van der Waals surface area contributed by atoms with Crippen molar-refractivity contribution in [2.75, 3.05) is 12.4 Å². The smallest absolute Gasteiger partial charge is 0.265 e. The van der Waals surface area contributed by atoms with Crippen LogP contribution in [-0.4, -0.2) is 29.9 Å². The van der Waals surface area contributed by atoms with E-state index in [9.17, 15) is 18.4 Å². The summed E-state index contributed by atoms with van der Waals surface area (Å²) in [6.45, 7) is 0.112. The molecule has 0 spiro atoms. The summed E-state index contributed by atoms with van der Waals surface area (Å²) in [6, 6.07) is 17.6. The van der Waals surface area contributed by atoms with Crippen molar-refractivity contribution in [3.05, 3.63) is 95.1 Å². The summed E-state index contributed by atoms with van der Waals surface area (Å²) < 4.78 is 32.2. The zero-order valence-corrected chi connectivity index (χ0v) is 16.8. The van der Waals surface area contributed by atoms with E-state index in [-0.39, 0.29) is 18.4 Å². The molecule has 1 aliphatic rings. The van der Waals surface area contributed by atoms with Gasteiger partial charge in [-0.25, -0.2) is 8.78 Å². The molecule has 1 unspecified atom stereocenters. The first kappa shape index (κ1) is 20.5. The van der Waals surface area contributed by atoms with E-state index in [4.69, 9.17) is 4.74 Å². The Kier molecular flexibility index (Phi) is 5.66. The Morgan fingerprint density at radius 2 is 1.84 bits per heavy atom. The highest BCUT2D eigenvalue weighted by molar-refractivity contribution is 5.98. The number of halogens is 2. The lowest BCUT2D eigenvalue weighted by Crippen LogP contribution is -2.31. The lowest BCUT2D eigenvalue weighted by Gasteiger charge is -2.18. The SMILES string of the molecule is CN(Cc1ccc(F)c(F)c1)C(=O)c1cccc(NC(=O)C2Cc3ccccc3O2)c1. The normalized spacial score (nSPS) is 14.5. The highest BCUT2D eigenvalue weighted by Crippen LogP contribution is 2.28. The Morgan fingerprint density at radius 1 is 1.03 bits per heavy atom. The van der Waals surface area contributed by atoms with Crippen LogP contribution in [0.1, 0.15) is 21.5 Å². The van der Waals surface area contributed by atoms with Crippen molar-refractivity contribution < 1.29 is 23.1 Å². The molecule has 5 nitrogen and oxygen atoms in total. The van der Waals surface area contributed by atoms with E-state index in [0.29, 0.717) is 29.0 Å². The number of para-hydroxylation sites is 1. The molecule has 3 aromatic rings. The quantitative estimate of drug-likeness (QED) is 0.671. The van der Waals surface area contributed by atoms with Gasteiger partial charge in [0.1, 0.15) is 5.75 Å². The summed E-state index contributed by atoms with van der Waals surface area (Å²) in [7, 11) is 1.57. The highest BCUT2D eigenvalue weighted by Gasteiger charge is 2.28. The molecule has 31 heavy (non-hydrogen) atoms. The van der Waals surface area contributed by atoms with Crippen molar-refractivity contribution in [3.63, 3.8) is 0 Å². The number of nitrogens with zero attached hydrogens (tertiary/aromatic N) is 1. The summed E-state index contributed by atoms with van der Waals surface area (Å²) in [5.74, 6) is -1.80. The van der Waals surface area contributed by atoms with Crippen LogP contribution < -0.4 is 10.1 Å². The molecule has 0 fully saturated rings. The number of hydrogen-bond acceptors (Lipinski definition) is 3. The molecule has 4 rings (SSSR count). The molecule has 0 radical (unpaired) electrons. The van der Waals surface area contributed by atoms with Crippen molar-refractivity contribution in [3.8, 4) is 5.75 Å². The largest absolute Gasteiger partial charge is 0.480 e. The summed E-state index contributed by atoms with van der Waals surface area (Å²) in [5.41, 5.74) is 2.28. The number of benzene rings is 3. The van der Waals surface area contributed by atoms with Crippen LogP contribution >= 0.6 is 0 Å². The molecule has 0 saturated carbocycles. The molecule has 3 aromatic carbocycles. The van der Waals surface area contributed by atoms with Crippen LogP contribution in [-0.2, 0) is 17.8 Å². The molecular formula is C24H20F2N2O3. The van der Waals surface area contributed by atoms with Gasteiger partial charge in [0, 0.05) is 31.3 Å². The zero-order chi connectivity index (χ0) is 22.0. The summed E-state index contributed by atoms with van der Waals surface area (Å²) in [5, 5.41) is 2.79. The standard InChI is InChI=1S/C24H20F2N2O3/c1-28(14-15-9-10-19(25)20(26)11-15)24(30)17-6-4-7-18(12-17)27-23(29)22-13-16-5-2-3-8-21(16)31-22/h2-12,22H,13-14H2,1H3,(H,27,29). The molecule has 158 valence electrons. The summed E-state index contributed by atoms with van der Waals surface area (Å²) in [6.07, 6.45) is -0.148. The molecule has 0 saturated heterocycles. The Balaban J connectivity index is 1.41. The van der Waals surface area contributed by atoms with Gasteiger partial charge in [0.2, 0.25) is 0 Å². The predicted octanol–water partition coefficient (Wildman–Crippen LogP) is 4.18. The number of carbonyl (C=O) groups is 2. The van der Waals surface area contributed by atoms with Crippen molar-refractivity contribution in [2.24, 2.45) is 0 Å². The number of nitrogens with one attached hydrogen (secondary N) is 1. The maximum absolute atomic E-state index is 13.4. The molecule has 0 aromatic heterocycles. The van der Waals surface area contributed by atoms with Crippen LogP contribution in [0.5, 0.6) is 5.75 Å². The molecular weight excluding hydrogens is 402 g/mol. The third kappa shape index (κ3) is 4.55. The van der Waals surface area contributed by atoms with E-state index < -0.39 is 17.7 Å². The minimum atomic E-state index is -0.959. The van der Waals surface area contributed by atoms with E-state index >= 15 is 0 Å². The van der Waals surface area contributed by atoms with Gasteiger partial charge in [-0.1, -0.05) is 30.3 Å². The number of hydrogen-bond donors (Lipinski definition) is 1. The van der Waals surface area contributed by atoms with Crippen molar-refractivity contribution in [1.82, 2.24) is 4.90 Å². The van der Waals surface area contributed by atoms with Crippen molar-refractivity contribution >= 4 is 17.5 Å². The van der Waals surface area contributed by atoms with Gasteiger partial charge in [-0.3, -0.25) is 9.59 Å². The molecule has 1 N–H and O–H groups in total. The number of fused-ring (bicyclic) bond motifs is 1. The third-order valence-corrected chi connectivity index (χ3v) is 5.07. The maximum atomic E-state index is 13.4. The minimum Gasteiger partial charge on any atom is -0.480 e. The van der Waals surface area contributed by atoms with E-state index in [2.05, 4.69) is 5.32 Å². The van der Waals surface area contributed by atoms with Crippen LogP contribution in [0.25, 0.3) is 0 Å². The molecule has 1 aliphatic heterocycles. The second kappa shape index (κ2) is 8.55. The Morgan fingerprint density at radius 3 is 2.61 bits per heavy atom. The average Bonchev–Trinajstić information content (AvgIpc) is 3.20. The van der Waals surface area contributed by atoms with Gasteiger partial charge in [0.25, 0.3) is 11.8 Å². The first-order chi connectivity index (χ1) is 14.9. The van der Waals surface area contributed by atoms with Crippen LogP contribution in [0.15, 0.2) is 66.7 Å². The van der Waals surface area contributed by atoms with Gasteiger partial charge in [0.15, 0.2) is 17.7 Å². The van der Waals surface area contributed by atoms with Gasteiger partial charge in [-0.15, -0.1) is 0 Å². The number of rotatable bonds is 5. The number of carbonyl (C=O) groups excluding carboxylic acids is 2. The Labute approximate surface area is 178 Å². The van der Waals surface area contributed by atoms with Crippen LogP contribution in [0.3, 0.4) is 0 Å². The molecule has 1 heterocycles. The second-order valence-corrected chi connectivity index (χ2v) is 7.40. The van der Waals surface area contributed by atoms with Crippen molar-refractivity contribution in [1.29, 1.82) is 0 Å². The Hall–Kier alpha value is -3.74. The highest BCUT2D eigenvalue weighted by atomic mass is 19.2. The zero-order valence-electron chi connectivity index (χ0n) is 16.8. The van der Waals surface area contributed by atoms with E-state index in [1.54, 1.807) is 31.3 Å². The lowest BCUT2D eigenvalue weighted by molar-refractivity contribution is -0.122. The monoisotopic (exact) mass is 422 g/mol. The minimum absolute atomic E-state index is 0.112. The molecule has 1 atom stereocenters. The fourth-order valence-corrected chi connectivity index (χ4v) is 3.49. The lowest BCUT2D eigenvalue weighted by atomic mass is 10.1. The maximum Gasteiger partial charge on any atom is 0.265 e. The molecule has 0 bridgehead atoms. The van der Waals surface area contributed by atoms with Gasteiger partial charge in [-0.2, -0.15) is 0 Å². The first-order valence-electron chi connectivity index (χ1n) is 9.75. The topological polar surface area (TPSA) is 58.6 Å². The fraction of sp³-hybridized carbons (Fsp3) is 0.167. The summed E-state index contributed by atoms with van der Waals surface area (Å²) >= 11 is 0. The third-order valence-electron chi connectivity index (χ3n) is 5.07. The molecule has 0 aliphatic carbocycles. The second-order valence-electron chi connectivity index (χ2n) is 7.40. The Bertz CT molecular complexity index is 1120. The number of anilines is 1. The summed E-state index contributed by atoms with van der Waals surface area (Å²) in [4.78, 5) is 26.8. The molecule has 2 amide bonds. The van der Waals surface area contributed by atoms with Gasteiger partial charge in [-0.05, 0) is 47.5 Å². The first-order valence-corrected chi connectivity index (χ1v) is 9.75. The van der Waals surface area contributed by atoms with E-state index in [1.165, 1.54) is 11.0 Å². The van der Waals surface area contributed by atoms with Crippen LogP contribution in [0.4, 0.5) is 14.5 Å². The van der Waals surface area contributed by atoms with Crippen LogP contribution in [0.2, 0.25) is 0 Å². The van der Waals surface area contributed by atoms with Crippen molar-refractivity contribution in [2.45, 2.75) is 19.1 Å². The number of amides is 2. The average molecular weight is 422 g/mol. The predicted molar refractivity (Wildman–Crippen MR) is 112 cm³/mol.